The summed E-state index contributed by atoms with van der Waals surface area (Å²) in [7, 11) is -4.55. The molecule has 1 amide bonds. The van der Waals surface area contributed by atoms with Gasteiger partial charge in [-0.1, -0.05) is 0 Å². The minimum absolute atomic E-state index is 0.0805. The summed E-state index contributed by atoms with van der Waals surface area (Å²) in [5, 5.41) is 11.2. The molecule has 1 heterocycles. The van der Waals surface area contributed by atoms with Crippen LogP contribution in [0.25, 0.3) is 0 Å². The van der Waals surface area contributed by atoms with Crippen LogP contribution in [0.2, 0.25) is 0 Å². The largest absolute Gasteiger partial charge is 0.407 e. The lowest BCUT2D eigenvalue weighted by Gasteiger charge is -2.28. The molecule has 0 radical (unpaired) electrons. The third-order valence-electron chi connectivity index (χ3n) is 3.85. The number of carbonyl (C=O) groups excluding carboxylic acids is 1. The van der Waals surface area contributed by atoms with Gasteiger partial charge in [0.2, 0.25) is 0 Å². The predicted octanol–water partition coefficient (Wildman–Crippen LogP) is 3.94. The molecule has 12 heteroatoms. The fraction of sp³-hybridized carbons (Fsp3) is 0.294. The van der Waals surface area contributed by atoms with Gasteiger partial charge in [0.1, 0.15) is 21.6 Å². The Morgan fingerprint density at radius 1 is 1.21 bits per heavy atom. The molecule has 156 valence electrons. The summed E-state index contributed by atoms with van der Waals surface area (Å²) >= 11 is 0.631. The predicted molar refractivity (Wildman–Crippen MR) is 98.6 cm³/mol. The standard InChI is InChI=1S/C17H15F4N3O3S2/c1-9-12(15(25)23-11-4-5-13(18)10(6-11)8-22)7-14(28-9)29(26,27)24-16(2,3)17(19,20)21/h4-7,24H,1-3H3,(H,23,25). The van der Waals surface area contributed by atoms with Crippen LogP contribution in [-0.2, 0) is 10.0 Å². The first-order valence-electron chi connectivity index (χ1n) is 7.90. The molecule has 0 bridgehead atoms. The quantitative estimate of drug-likeness (QED) is 0.676. The van der Waals surface area contributed by atoms with E-state index in [0.717, 1.165) is 18.2 Å². The number of hydrogen-bond donors (Lipinski definition) is 2. The van der Waals surface area contributed by atoms with Crippen molar-refractivity contribution in [1.82, 2.24) is 4.72 Å². The Morgan fingerprint density at radius 2 is 1.83 bits per heavy atom. The third kappa shape index (κ3) is 4.92. The minimum Gasteiger partial charge on any atom is -0.322 e. The number of halogens is 4. The zero-order valence-corrected chi connectivity index (χ0v) is 16.9. The van der Waals surface area contributed by atoms with Gasteiger partial charge in [-0.3, -0.25) is 4.79 Å². The molecule has 0 aliphatic rings. The Morgan fingerprint density at radius 3 is 2.38 bits per heavy atom. The van der Waals surface area contributed by atoms with E-state index in [2.05, 4.69) is 5.32 Å². The molecule has 0 aliphatic carbocycles. The number of carbonyl (C=O) groups is 1. The molecule has 29 heavy (non-hydrogen) atoms. The number of nitrogens with one attached hydrogen (secondary N) is 2. The summed E-state index contributed by atoms with van der Waals surface area (Å²) in [6.45, 7) is 2.79. The van der Waals surface area contributed by atoms with Crippen molar-refractivity contribution in [2.24, 2.45) is 0 Å². The van der Waals surface area contributed by atoms with Crippen molar-refractivity contribution in [3.63, 3.8) is 0 Å². The topological polar surface area (TPSA) is 99.1 Å². The van der Waals surface area contributed by atoms with Gasteiger partial charge in [0.15, 0.2) is 0 Å². The number of sulfonamides is 1. The lowest BCUT2D eigenvalue weighted by atomic mass is 10.1. The molecule has 2 rings (SSSR count). The molecule has 0 saturated carbocycles. The number of alkyl halides is 3. The number of thiophene rings is 1. The van der Waals surface area contributed by atoms with E-state index in [9.17, 15) is 30.8 Å². The minimum atomic E-state index is -4.83. The summed E-state index contributed by atoms with van der Waals surface area (Å²) in [6.07, 6.45) is -4.83. The average Bonchev–Trinajstić information content (AvgIpc) is 2.97. The van der Waals surface area contributed by atoms with Crippen LogP contribution in [0.15, 0.2) is 28.5 Å². The van der Waals surface area contributed by atoms with E-state index >= 15 is 0 Å². The first-order chi connectivity index (χ1) is 13.2. The smallest absolute Gasteiger partial charge is 0.322 e. The van der Waals surface area contributed by atoms with Crippen molar-refractivity contribution in [1.29, 1.82) is 5.26 Å². The Bertz CT molecular complexity index is 1100. The number of amides is 1. The average molecular weight is 449 g/mol. The van der Waals surface area contributed by atoms with Crippen LogP contribution in [-0.4, -0.2) is 26.0 Å². The van der Waals surface area contributed by atoms with E-state index in [0.29, 0.717) is 25.2 Å². The van der Waals surface area contributed by atoms with Crippen molar-refractivity contribution in [2.45, 2.75) is 36.7 Å². The summed E-state index contributed by atoms with van der Waals surface area (Å²) < 4.78 is 78.2. The van der Waals surface area contributed by atoms with E-state index in [1.807, 2.05) is 0 Å². The SMILES string of the molecule is Cc1sc(S(=O)(=O)NC(C)(C)C(F)(F)F)cc1C(=O)Nc1ccc(F)c(C#N)c1. The van der Waals surface area contributed by atoms with E-state index in [1.54, 1.807) is 10.8 Å². The summed E-state index contributed by atoms with van der Waals surface area (Å²) in [4.78, 5) is 12.7. The maximum Gasteiger partial charge on any atom is 0.407 e. The van der Waals surface area contributed by atoms with Crippen molar-refractivity contribution in [3.05, 3.63) is 46.1 Å². The summed E-state index contributed by atoms with van der Waals surface area (Å²) in [5.74, 6) is -1.53. The fourth-order valence-electron chi connectivity index (χ4n) is 2.14. The van der Waals surface area contributed by atoms with Crippen molar-refractivity contribution < 1.29 is 30.8 Å². The normalized spacial score (nSPS) is 12.5. The van der Waals surface area contributed by atoms with Crippen LogP contribution in [0.3, 0.4) is 0 Å². The monoisotopic (exact) mass is 449 g/mol. The van der Waals surface area contributed by atoms with Gasteiger partial charge >= 0.3 is 6.18 Å². The van der Waals surface area contributed by atoms with Gasteiger partial charge in [0, 0.05) is 10.6 Å². The molecule has 2 N–H and O–H groups in total. The summed E-state index contributed by atoms with van der Waals surface area (Å²) in [5.41, 5.74) is -3.00. The van der Waals surface area contributed by atoms with Gasteiger partial charge in [-0.2, -0.15) is 23.2 Å². The second kappa shape index (κ2) is 7.74. The molecule has 0 atom stereocenters. The van der Waals surface area contributed by atoms with E-state index in [-0.39, 0.29) is 21.7 Å². The van der Waals surface area contributed by atoms with E-state index in [1.165, 1.54) is 13.0 Å². The Labute approximate surface area is 168 Å². The fourth-order valence-corrected chi connectivity index (χ4v) is 4.98. The molecule has 0 saturated heterocycles. The Balaban J connectivity index is 2.30. The van der Waals surface area contributed by atoms with E-state index in [4.69, 9.17) is 5.26 Å². The molecule has 1 aromatic heterocycles. The van der Waals surface area contributed by atoms with Gasteiger partial charge in [0.05, 0.1) is 11.1 Å². The summed E-state index contributed by atoms with van der Waals surface area (Å²) in [6, 6.07) is 5.86. The van der Waals surface area contributed by atoms with Gasteiger partial charge in [-0.15, -0.1) is 11.3 Å². The van der Waals surface area contributed by atoms with Gasteiger partial charge in [-0.25, -0.2) is 12.8 Å². The molecule has 1 aromatic carbocycles. The Hall–Kier alpha value is -2.49. The zero-order chi connectivity index (χ0) is 22.2. The highest BCUT2D eigenvalue weighted by Gasteiger charge is 2.50. The first kappa shape index (κ1) is 22.8. The molecule has 0 fully saturated rings. The number of aryl methyl sites for hydroxylation is 1. The number of hydrogen-bond acceptors (Lipinski definition) is 5. The second-order valence-electron chi connectivity index (χ2n) is 6.52. The van der Waals surface area contributed by atoms with Crippen LogP contribution in [0, 0.1) is 24.1 Å². The number of nitriles is 1. The molecule has 2 aromatic rings. The highest BCUT2D eigenvalue weighted by Crippen LogP contribution is 2.33. The number of rotatable bonds is 5. The second-order valence-corrected chi connectivity index (χ2v) is 9.69. The van der Waals surface area contributed by atoms with Crippen LogP contribution in [0.1, 0.15) is 34.6 Å². The molecular weight excluding hydrogens is 434 g/mol. The van der Waals surface area contributed by atoms with Crippen LogP contribution < -0.4 is 10.0 Å². The number of anilines is 1. The lowest BCUT2D eigenvalue weighted by molar-refractivity contribution is -0.180. The molecule has 0 spiro atoms. The molecular formula is C17H15F4N3O3S2. The van der Waals surface area contributed by atoms with E-state index < -0.39 is 37.7 Å². The third-order valence-corrected chi connectivity index (χ3v) is 7.03. The molecule has 0 unspecified atom stereocenters. The lowest BCUT2D eigenvalue weighted by Crippen LogP contribution is -2.53. The zero-order valence-electron chi connectivity index (χ0n) is 15.3. The van der Waals surface area contributed by atoms with Crippen LogP contribution >= 0.6 is 11.3 Å². The van der Waals surface area contributed by atoms with Crippen molar-refractivity contribution in [3.8, 4) is 6.07 Å². The van der Waals surface area contributed by atoms with Gasteiger partial charge in [0.25, 0.3) is 15.9 Å². The number of nitrogens with zero attached hydrogens (tertiary/aromatic N) is 1. The number of benzene rings is 1. The van der Waals surface area contributed by atoms with Gasteiger partial charge in [-0.05, 0) is 45.0 Å². The molecule has 6 nitrogen and oxygen atoms in total. The van der Waals surface area contributed by atoms with Crippen molar-refractivity contribution >= 4 is 33.0 Å². The van der Waals surface area contributed by atoms with Gasteiger partial charge < -0.3 is 5.32 Å². The van der Waals surface area contributed by atoms with Crippen LogP contribution in [0.5, 0.6) is 0 Å². The highest BCUT2D eigenvalue weighted by molar-refractivity contribution is 7.91. The maximum atomic E-state index is 13.4. The maximum absolute atomic E-state index is 13.4. The first-order valence-corrected chi connectivity index (χ1v) is 10.2. The van der Waals surface area contributed by atoms with Crippen LogP contribution in [0.4, 0.5) is 23.2 Å². The highest BCUT2D eigenvalue weighted by atomic mass is 32.2. The Kier molecular flexibility index (Phi) is 6.08. The van der Waals surface area contributed by atoms with Crippen molar-refractivity contribution in [2.75, 3.05) is 5.32 Å². The molecule has 0 aliphatic heterocycles.